The molecular formula is C17H21NO3. The highest BCUT2D eigenvalue weighted by Gasteiger charge is 2.07. The van der Waals surface area contributed by atoms with Crippen LogP contribution in [0.15, 0.2) is 48.5 Å². The quantitative estimate of drug-likeness (QED) is 0.850. The Hall–Kier alpha value is -2.20. The van der Waals surface area contributed by atoms with Gasteiger partial charge in [0.2, 0.25) is 0 Å². The molecule has 4 heteroatoms. The zero-order valence-corrected chi connectivity index (χ0v) is 12.4. The Morgan fingerprint density at radius 2 is 1.67 bits per heavy atom. The number of methoxy groups -OCH3 is 1. The Morgan fingerprint density at radius 3 is 2.33 bits per heavy atom. The number of nitrogens with two attached hydrogens (primary N) is 1. The fraction of sp³-hybridized carbons (Fsp3) is 0.294. The standard InChI is InChI=1S/C17H21NO3/c1-3-20-14-9-7-13(8-10-14)17(18)12-21-16-6-4-5-15(11-16)19-2/h4-11,17H,3,12,18H2,1-2H3. The molecule has 1 atom stereocenters. The lowest BCUT2D eigenvalue weighted by molar-refractivity contribution is 0.288. The average Bonchev–Trinajstić information content (AvgIpc) is 2.54. The minimum atomic E-state index is -0.188. The maximum absolute atomic E-state index is 6.14. The van der Waals surface area contributed by atoms with E-state index in [1.165, 1.54) is 0 Å². The lowest BCUT2D eigenvalue weighted by Gasteiger charge is -2.14. The first-order valence-corrected chi connectivity index (χ1v) is 6.98. The van der Waals surface area contributed by atoms with Gasteiger partial charge in [-0.3, -0.25) is 0 Å². The van der Waals surface area contributed by atoms with Crippen molar-refractivity contribution >= 4 is 0 Å². The Morgan fingerprint density at radius 1 is 0.952 bits per heavy atom. The summed E-state index contributed by atoms with van der Waals surface area (Å²) >= 11 is 0. The van der Waals surface area contributed by atoms with Gasteiger partial charge < -0.3 is 19.9 Å². The number of ether oxygens (including phenoxy) is 3. The predicted molar refractivity (Wildman–Crippen MR) is 83.0 cm³/mol. The van der Waals surface area contributed by atoms with Gasteiger partial charge in [-0.25, -0.2) is 0 Å². The van der Waals surface area contributed by atoms with Crippen LogP contribution in [-0.4, -0.2) is 20.3 Å². The molecule has 21 heavy (non-hydrogen) atoms. The average molecular weight is 287 g/mol. The van der Waals surface area contributed by atoms with Crippen LogP contribution in [0.4, 0.5) is 0 Å². The molecule has 2 rings (SSSR count). The molecule has 112 valence electrons. The fourth-order valence-corrected chi connectivity index (χ4v) is 1.95. The smallest absolute Gasteiger partial charge is 0.123 e. The highest BCUT2D eigenvalue weighted by Crippen LogP contribution is 2.21. The largest absolute Gasteiger partial charge is 0.497 e. The summed E-state index contributed by atoms with van der Waals surface area (Å²) in [6.07, 6.45) is 0. The van der Waals surface area contributed by atoms with Crippen LogP contribution in [-0.2, 0) is 0 Å². The SMILES string of the molecule is CCOc1ccc(C(N)COc2cccc(OC)c2)cc1. The monoisotopic (exact) mass is 287 g/mol. The first-order chi connectivity index (χ1) is 10.2. The van der Waals surface area contributed by atoms with Crippen LogP contribution in [0.5, 0.6) is 17.2 Å². The van der Waals surface area contributed by atoms with Crippen molar-refractivity contribution in [2.45, 2.75) is 13.0 Å². The Kier molecular flexibility index (Phi) is 5.46. The molecule has 0 radical (unpaired) electrons. The van der Waals surface area contributed by atoms with E-state index in [0.29, 0.717) is 13.2 Å². The summed E-state index contributed by atoms with van der Waals surface area (Å²) in [5.74, 6) is 2.36. The van der Waals surface area contributed by atoms with Crippen LogP contribution < -0.4 is 19.9 Å². The van der Waals surface area contributed by atoms with E-state index in [2.05, 4.69) is 0 Å². The van der Waals surface area contributed by atoms with Crippen molar-refractivity contribution in [1.29, 1.82) is 0 Å². The highest BCUT2D eigenvalue weighted by molar-refractivity contribution is 5.33. The summed E-state index contributed by atoms with van der Waals surface area (Å²) in [4.78, 5) is 0. The molecule has 2 aromatic rings. The molecule has 0 amide bonds. The molecule has 1 unspecified atom stereocenters. The van der Waals surface area contributed by atoms with E-state index in [4.69, 9.17) is 19.9 Å². The van der Waals surface area contributed by atoms with E-state index in [1.54, 1.807) is 7.11 Å². The van der Waals surface area contributed by atoms with Crippen LogP contribution in [0.1, 0.15) is 18.5 Å². The van der Waals surface area contributed by atoms with E-state index in [-0.39, 0.29) is 6.04 Å². The molecule has 2 aromatic carbocycles. The molecule has 0 fully saturated rings. The molecule has 0 heterocycles. The van der Waals surface area contributed by atoms with Gasteiger partial charge in [-0.2, -0.15) is 0 Å². The van der Waals surface area contributed by atoms with Crippen molar-refractivity contribution in [2.75, 3.05) is 20.3 Å². The van der Waals surface area contributed by atoms with Crippen LogP contribution in [0, 0.1) is 0 Å². The first-order valence-electron chi connectivity index (χ1n) is 6.98. The van der Waals surface area contributed by atoms with Crippen molar-refractivity contribution in [3.63, 3.8) is 0 Å². The third kappa shape index (κ3) is 4.39. The van der Waals surface area contributed by atoms with Crippen LogP contribution in [0.25, 0.3) is 0 Å². The third-order valence-corrected chi connectivity index (χ3v) is 3.09. The van der Waals surface area contributed by atoms with Crippen molar-refractivity contribution in [1.82, 2.24) is 0 Å². The minimum absolute atomic E-state index is 0.188. The van der Waals surface area contributed by atoms with Crippen LogP contribution >= 0.6 is 0 Å². The van der Waals surface area contributed by atoms with Gasteiger partial charge in [0.1, 0.15) is 23.9 Å². The van der Waals surface area contributed by atoms with Gasteiger partial charge in [-0.05, 0) is 36.8 Å². The molecule has 0 spiro atoms. The summed E-state index contributed by atoms with van der Waals surface area (Å²) < 4.78 is 16.3. The van der Waals surface area contributed by atoms with Crippen molar-refractivity contribution in [2.24, 2.45) is 5.73 Å². The van der Waals surface area contributed by atoms with Crippen molar-refractivity contribution in [3.05, 3.63) is 54.1 Å². The van der Waals surface area contributed by atoms with Gasteiger partial charge in [-0.15, -0.1) is 0 Å². The molecule has 2 N–H and O–H groups in total. The number of hydrogen-bond acceptors (Lipinski definition) is 4. The van der Waals surface area contributed by atoms with Gasteiger partial charge in [0.05, 0.1) is 19.8 Å². The van der Waals surface area contributed by atoms with Gasteiger partial charge in [0.25, 0.3) is 0 Å². The predicted octanol–water partition coefficient (Wildman–Crippen LogP) is 3.17. The number of hydrogen-bond donors (Lipinski definition) is 1. The van der Waals surface area contributed by atoms with Gasteiger partial charge in [0, 0.05) is 6.07 Å². The maximum Gasteiger partial charge on any atom is 0.123 e. The third-order valence-electron chi connectivity index (χ3n) is 3.09. The second-order valence-electron chi connectivity index (χ2n) is 4.60. The topological polar surface area (TPSA) is 53.7 Å². The highest BCUT2D eigenvalue weighted by atomic mass is 16.5. The molecule has 0 aliphatic carbocycles. The van der Waals surface area contributed by atoms with E-state index in [9.17, 15) is 0 Å². The zero-order chi connectivity index (χ0) is 15.1. The lowest BCUT2D eigenvalue weighted by atomic mass is 10.1. The lowest BCUT2D eigenvalue weighted by Crippen LogP contribution is -2.18. The van der Waals surface area contributed by atoms with E-state index in [1.807, 2.05) is 55.5 Å². The minimum Gasteiger partial charge on any atom is -0.497 e. The van der Waals surface area contributed by atoms with E-state index in [0.717, 1.165) is 22.8 Å². The van der Waals surface area contributed by atoms with Gasteiger partial charge >= 0.3 is 0 Å². The van der Waals surface area contributed by atoms with Gasteiger partial charge in [-0.1, -0.05) is 18.2 Å². The Labute approximate surface area is 125 Å². The van der Waals surface area contributed by atoms with Crippen LogP contribution in [0.3, 0.4) is 0 Å². The maximum atomic E-state index is 6.14. The molecule has 0 saturated heterocycles. The molecular weight excluding hydrogens is 266 g/mol. The molecule has 0 aromatic heterocycles. The van der Waals surface area contributed by atoms with E-state index < -0.39 is 0 Å². The first kappa shape index (κ1) is 15.2. The Bertz CT molecular complexity index is 554. The van der Waals surface area contributed by atoms with E-state index >= 15 is 0 Å². The summed E-state index contributed by atoms with van der Waals surface area (Å²) in [6, 6.07) is 15.1. The molecule has 4 nitrogen and oxygen atoms in total. The fourth-order valence-electron chi connectivity index (χ4n) is 1.95. The van der Waals surface area contributed by atoms with Crippen LogP contribution in [0.2, 0.25) is 0 Å². The molecule has 0 bridgehead atoms. The number of benzene rings is 2. The van der Waals surface area contributed by atoms with Crippen molar-refractivity contribution in [3.8, 4) is 17.2 Å². The molecule has 0 aliphatic heterocycles. The summed E-state index contributed by atoms with van der Waals surface area (Å²) in [6.45, 7) is 3.02. The van der Waals surface area contributed by atoms with Crippen molar-refractivity contribution < 1.29 is 14.2 Å². The van der Waals surface area contributed by atoms with Gasteiger partial charge in [0.15, 0.2) is 0 Å². The Balaban J connectivity index is 1.92. The zero-order valence-electron chi connectivity index (χ0n) is 12.4. The summed E-state index contributed by atoms with van der Waals surface area (Å²) in [5, 5.41) is 0. The second kappa shape index (κ2) is 7.55. The summed E-state index contributed by atoms with van der Waals surface area (Å²) in [7, 11) is 1.63. The number of rotatable bonds is 7. The normalized spacial score (nSPS) is 11.8. The molecule has 0 aliphatic rings. The molecule has 0 saturated carbocycles. The summed E-state index contributed by atoms with van der Waals surface area (Å²) in [5.41, 5.74) is 7.16. The second-order valence-corrected chi connectivity index (χ2v) is 4.60.